The summed E-state index contributed by atoms with van der Waals surface area (Å²) in [6.45, 7) is 4.60. The van der Waals surface area contributed by atoms with Crippen LogP contribution in [0.3, 0.4) is 0 Å². The second-order valence-electron chi connectivity index (χ2n) is 3.29. The Labute approximate surface area is 110 Å². The number of fused-ring (bicyclic) bond motifs is 1. The van der Waals surface area contributed by atoms with Crippen LogP contribution in [0.5, 0.6) is 0 Å². The highest BCUT2D eigenvalue weighted by molar-refractivity contribution is 7.30. The van der Waals surface area contributed by atoms with E-state index in [0.717, 1.165) is 11.0 Å². The van der Waals surface area contributed by atoms with Gasteiger partial charge in [0.2, 0.25) is 0 Å². The number of aromatic amines is 1. The maximum Gasteiger partial charge on any atom is 0.330 e. The van der Waals surface area contributed by atoms with Crippen molar-refractivity contribution in [1.82, 2.24) is 9.97 Å². The Morgan fingerprint density at radius 1 is 1.37 bits per heavy atom. The molecule has 0 aliphatic rings. The third kappa shape index (κ3) is 8.73. The third-order valence-corrected chi connectivity index (χ3v) is 1.69. The van der Waals surface area contributed by atoms with Gasteiger partial charge in [0.1, 0.15) is 0 Å². The highest BCUT2D eigenvalue weighted by Crippen LogP contribution is 2.05. The average Bonchev–Trinajstić information content (AvgIpc) is 2.76. The van der Waals surface area contributed by atoms with Crippen molar-refractivity contribution < 1.29 is 24.3 Å². The Kier molecular flexibility index (Phi) is 8.12. The summed E-state index contributed by atoms with van der Waals surface area (Å²) in [7, 11) is -3.13. The van der Waals surface area contributed by atoms with Gasteiger partial charge in [-0.1, -0.05) is 18.7 Å². The lowest BCUT2D eigenvalue weighted by Gasteiger charge is -1.81. The summed E-state index contributed by atoms with van der Waals surface area (Å²) < 4.78 is 8.74. The number of rotatable bonds is 1. The number of nitrogens with zero attached hydrogens (tertiary/aromatic N) is 1. The van der Waals surface area contributed by atoms with E-state index in [1.165, 1.54) is 6.92 Å². The topological polar surface area (TPSA) is 124 Å². The van der Waals surface area contributed by atoms with Gasteiger partial charge in [-0.3, -0.25) is 4.57 Å². The van der Waals surface area contributed by atoms with Crippen molar-refractivity contribution in [2.75, 3.05) is 0 Å². The second kappa shape index (κ2) is 9.04. The van der Waals surface area contributed by atoms with Crippen LogP contribution in [0.25, 0.3) is 11.0 Å². The molecule has 0 atom stereocenters. The SMILES string of the molecule is C=C(C)C(=O)O.O=[PH](O)O.c1ccc2[nH]cnc2c1. The zero-order valence-corrected chi connectivity index (χ0v) is 11.2. The monoisotopic (exact) mass is 286 g/mol. The number of imidazole rings is 1. The number of hydrogen-bond acceptors (Lipinski definition) is 3. The summed E-state index contributed by atoms with van der Waals surface area (Å²) in [5.74, 6) is -0.935. The van der Waals surface area contributed by atoms with Crippen LogP contribution in [-0.2, 0) is 9.36 Å². The van der Waals surface area contributed by atoms with Crippen LogP contribution < -0.4 is 0 Å². The predicted octanol–water partition coefficient (Wildman–Crippen LogP) is 1.57. The fourth-order valence-electron chi connectivity index (χ4n) is 0.880. The lowest BCUT2D eigenvalue weighted by atomic mass is 10.3. The molecule has 0 spiro atoms. The Hall–Kier alpha value is -1.95. The fourth-order valence-corrected chi connectivity index (χ4v) is 0.880. The maximum absolute atomic E-state index is 9.60. The van der Waals surface area contributed by atoms with Gasteiger partial charge in [-0.05, 0) is 19.1 Å². The van der Waals surface area contributed by atoms with Crippen LogP contribution in [0.4, 0.5) is 0 Å². The minimum atomic E-state index is -3.13. The van der Waals surface area contributed by atoms with Gasteiger partial charge in [-0.25, -0.2) is 9.78 Å². The minimum Gasteiger partial charge on any atom is -0.478 e. The van der Waals surface area contributed by atoms with E-state index in [2.05, 4.69) is 16.5 Å². The molecule has 0 saturated carbocycles. The van der Waals surface area contributed by atoms with Crippen molar-refractivity contribution in [2.24, 2.45) is 0 Å². The van der Waals surface area contributed by atoms with E-state index < -0.39 is 14.2 Å². The number of H-pyrrole nitrogens is 1. The van der Waals surface area contributed by atoms with E-state index in [0.29, 0.717) is 0 Å². The van der Waals surface area contributed by atoms with E-state index in [9.17, 15) is 4.79 Å². The molecule has 8 heteroatoms. The summed E-state index contributed by atoms with van der Waals surface area (Å²) in [5.41, 5.74) is 2.30. The first-order valence-electron chi connectivity index (χ1n) is 5.03. The molecule has 0 saturated heterocycles. The zero-order chi connectivity index (χ0) is 14.8. The quantitative estimate of drug-likeness (QED) is 0.466. The van der Waals surface area contributed by atoms with Gasteiger partial charge in [-0.15, -0.1) is 0 Å². The van der Waals surface area contributed by atoms with Crippen LogP contribution in [0.15, 0.2) is 42.7 Å². The summed E-state index contributed by atoms with van der Waals surface area (Å²) >= 11 is 0. The van der Waals surface area contributed by atoms with Crippen molar-refractivity contribution in [2.45, 2.75) is 6.92 Å². The van der Waals surface area contributed by atoms with Crippen molar-refractivity contribution >= 4 is 25.3 Å². The minimum absolute atomic E-state index is 0.176. The smallest absolute Gasteiger partial charge is 0.330 e. The standard InChI is InChI=1S/C7H6N2.C4H6O2.H3O3P/c1-2-4-7-6(3-1)8-5-9-7;1-3(2)4(5)6;1-4(2)3/h1-5H,(H,8,9);1H2,2H3,(H,5,6);4H,(H2,1,2,3). The number of para-hydroxylation sites is 2. The Morgan fingerprint density at radius 2 is 1.84 bits per heavy atom. The molecule has 0 fully saturated rings. The van der Waals surface area contributed by atoms with Gasteiger partial charge in [-0.2, -0.15) is 0 Å². The molecule has 0 radical (unpaired) electrons. The highest BCUT2D eigenvalue weighted by atomic mass is 31.1. The van der Waals surface area contributed by atoms with Gasteiger partial charge in [0.15, 0.2) is 0 Å². The molecule has 104 valence electrons. The Balaban J connectivity index is 0.000000285. The molecule has 0 bridgehead atoms. The largest absolute Gasteiger partial charge is 0.478 e. The van der Waals surface area contributed by atoms with Crippen molar-refractivity contribution in [1.29, 1.82) is 0 Å². The van der Waals surface area contributed by atoms with E-state index in [4.69, 9.17) is 19.5 Å². The van der Waals surface area contributed by atoms with Gasteiger partial charge in [0, 0.05) is 5.57 Å². The molecular formula is C11H15N2O5P. The van der Waals surface area contributed by atoms with E-state index in [1.807, 2.05) is 24.3 Å². The van der Waals surface area contributed by atoms with Crippen LogP contribution in [0.1, 0.15) is 6.92 Å². The number of aliphatic carboxylic acids is 1. The summed E-state index contributed by atoms with van der Waals surface area (Å²) in [6, 6.07) is 7.94. The van der Waals surface area contributed by atoms with E-state index in [-0.39, 0.29) is 5.57 Å². The molecular weight excluding hydrogens is 271 g/mol. The number of carboxylic acid groups (broad SMARTS) is 1. The van der Waals surface area contributed by atoms with Gasteiger partial charge < -0.3 is 19.9 Å². The Bertz CT molecular complexity index is 521. The summed E-state index contributed by atoms with van der Waals surface area (Å²) in [4.78, 5) is 31.0. The maximum atomic E-state index is 9.60. The highest BCUT2D eigenvalue weighted by Gasteiger charge is 1.90. The zero-order valence-electron chi connectivity index (χ0n) is 10.2. The second-order valence-corrected chi connectivity index (χ2v) is 3.85. The molecule has 4 N–H and O–H groups in total. The van der Waals surface area contributed by atoms with Gasteiger partial charge in [0.25, 0.3) is 0 Å². The lowest BCUT2D eigenvalue weighted by Crippen LogP contribution is -1.92. The first-order valence-corrected chi connectivity index (χ1v) is 6.33. The molecule has 0 amide bonds. The van der Waals surface area contributed by atoms with Crippen LogP contribution >= 0.6 is 8.25 Å². The predicted molar refractivity (Wildman–Crippen MR) is 72.0 cm³/mol. The van der Waals surface area contributed by atoms with Crippen molar-refractivity contribution in [3.05, 3.63) is 42.7 Å². The molecule has 1 aromatic carbocycles. The Morgan fingerprint density at radius 3 is 2.26 bits per heavy atom. The molecule has 0 unspecified atom stereocenters. The molecule has 1 aromatic heterocycles. The van der Waals surface area contributed by atoms with Gasteiger partial charge >= 0.3 is 14.2 Å². The normalized spacial score (nSPS) is 9.05. The molecule has 7 nitrogen and oxygen atoms in total. The fraction of sp³-hybridized carbons (Fsp3) is 0.0909. The number of carboxylic acids is 1. The molecule has 19 heavy (non-hydrogen) atoms. The summed E-state index contributed by atoms with van der Waals surface area (Å²) in [5, 5.41) is 7.89. The number of nitrogens with one attached hydrogen (secondary N) is 1. The van der Waals surface area contributed by atoms with Crippen LogP contribution in [0.2, 0.25) is 0 Å². The van der Waals surface area contributed by atoms with Crippen LogP contribution in [-0.4, -0.2) is 30.8 Å². The number of carbonyl (C=O) groups is 1. The third-order valence-electron chi connectivity index (χ3n) is 1.69. The van der Waals surface area contributed by atoms with E-state index in [1.54, 1.807) is 6.33 Å². The lowest BCUT2D eigenvalue weighted by molar-refractivity contribution is -0.132. The molecule has 0 aliphatic carbocycles. The summed E-state index contributed by atoms with van der Waals surface area (Å²) in [6.07, 6.45) is 1.70. The molecule has 1 heterocycles. The van der Waals surface area contributed by atoms with Gasteiger partial charge in [0.05, 0.1) is 17.4 Å². The first-order chi connectivity index (χ1) is 8.84. The molecule has 2 rings (SSSR count). The van der Waals surface area contributed by atoms with Crippen molar-refractivity contribution in [3.63, 3.8) is 0 Å². The van der Waals surface area contributed by atoms with E-state index >= 15 is 0 Å². The number of hydrogen-bond donors (Lipinski definition) is 4. The number of aromatic nitrogens is 2. The molecule has 2 aromatic rings. The van der Waals surface area contributed by atoms with Crippen molar-refractivity contribution in [3.8, 4) is 0 Å². The van der Waals surface area contributed by atoms with Crippen LogP contribution in [0, 0.1) is 0 Å². The molecule has 0 aliphatic heterocycles. The number of benzene rings is 1. The first kappa shape index (κ1) is 17.1. The average molecular weight is 286 g/mol.